The summed E-state index contributed by atoms with van der Waals surface area (Å²) in [5.74, 6) is 0.988. The second kappa shape index (κ2) is 7.32. The number of hydrogen-bond donors (Lipinski definition) is 4. The number of H-pyrrole nitrogens is 1. The van der Waals surface area contributed by atoms with E-state index in [0.717, 1.165) is 28.0 Å². The predicted molar refractivity (Wildman–Crippen MR) is 121 cm³/mol. The van der Waals surface area contributed by atoms with Gasteiger partial charge in [-0.05, 0) is 62.4 Å². The van der Waals surface area contributed by atoms with Gasteiger partial charge in [-0.15, -0.1) is 0 Å². The maximum atomic E-state index is 13.0. The molecule has 3 heterocycles. The highest BCUT2D eigenvalue weighted by atomic mass is 16.5. The minimum absolute atomic E-state index is 0.254. The predicted octanol–water partition coefficient (Wildman–Crippen LogP) is 4.54. The number of anilines is 4. The van der Waals surface area contributed by atoms with Crippen molar-refractivity contribution >= 4 is 39.7 Å². The third-order valence-corrected chi connectivity index (χ3v) is 5.09. The molecule has 0 spiro atoms. The van der Waals surface area contributed by atoms with Crippen LogP contribution in [0.1, 0.15) is 24.2 Å². The van der Waals surface area contributed by atoms with Crippen molar-refractivity contribution in [2.24, 2.45) is 0 Å². The maximum Gasteiger partial charge on any atom is 0.259 e. The number of amides is 1. The number of aromatic amines is 1. The molecule has 0 bridgehead atoms. The molecule has 1 aliphatic rings. The summed E-state index contributed by atoms with van der Waals surface area (Å²) in [4.78, 5) is 17.4. The van der Waals surface area contributed by atoms with Crippen molar-refractivity contribution in [2.75, 3.05) is 22.5 Å². The smallest absolute Gasteiger partial charge is 0.259 e. The first-order chi connectivity index (χ1) is 15.0. The van der Waals surface area contributed by atoms with Crippen LogP contribution in [0.25, 0.3) is 10.9 Å². The maximum absolute atomic E-state index is 13.0. The number of ether oxygens (including phenoxy) is 1. The molecule has 0 atom stereocenters. The topological polar surface area (TPSA) is 104 Å². The number of fused-ring (bicyclic) bond motifs is 2. The fourth-order valence-corrected chi connectivity index (χ4v) is 3.51. The van der Waals surface area contributed by atoms with Gasteiger partial charge in [-0.3, -0.25) is 9.89 Å². The molecule has 1 amide bonds. The zero-order chi connectivity index (χ0) is 21.4. The molecule has 0 unspecified atom stereocenters. The van der Waals surface area contributed by atoms with Gasteiger partial charge in [0.25, 0.3) is 5.91 Å². The molecule has 8 heteroatoms. The van der Waals surface area contributed by atoms with Crippen LogP contribution < -0.4 is 20.7 Å². The molecule has 2 aromatic heterocycles. The number of hydrogen-bond acceptors (Lipinski definition) is 6. The first-order valence-electron chi connectivity index (χ1n) is 10.0. The van der Waals surface area contributed by atoms with Crippen molar-refractivity contribution in [2.45, 2.75) is 19.4 Å². The van der Waals surface area contributed by atoms with E-state index in [1.54, 1.807) is 24.5 Å². The van der Waals surface area contributed by atoms with E-state index in [-0.39, 0.29) is 11.5 Å². The Balaban J connectivity index is 1.36. The summed E-state index contributed by atoms with van der Waals surface area (Å²) >= 11 is 0. The largest absolute Gasteiger partial charge is 0.484 e. The first-order valence-corrected chi connectivity index (χ1v) is 10.0. The molecule has 4 aromatic rings. The van der Waals surface area contributed by atoms with Gasteiger partial charge in [-0.25, -0.2) is 4.98 Å². The molecule has 0 aliphatic carbocycles. The Morgan fingerprint density at radius 3 is 2.90 bits per heavy atom. The molecule has 5 rings (SSSR count). The van der Waals surface area contributed by atoms with Crippen LogP contribution in [-0.2, 0) is 0 Å². The third kappa shape index (κ3) is 3.87. The Hall–Kier alpha value is -4.07. The standard InChI is InChI=1S/C23H22N6O2/c1-23(2)13-25-19-11-16(7-8-20(19)31-23)28-22(30)17-4-3-9-24-21(17)27-15-6-5-14-12-26-29-18(14)10-15/h3-12,25H,13H2,1-2H3,(H,24,27)(H,26,29)(H,28,30). The molecule has 0 fully saturated rings. The van der Waals surface area contributed by atoms with E-state index in [1.807, 2.05) is 50.2 Å². The Morgan fingerprint density at radius 1 is 1.13 bits per heavy atom. The number of carbonyl (C=O) groups is 1. The molecule has 0 saturated heterocycles. The molecule has 31 heavy (non-hydrogen) atoms. The van der Waals surface area contributed by atoms with Gasteiger partial charge in [0, 0.05) is 23.0 Å². The van der Waals surface area contributed by atoms with Crippen LogP contribution in [0.3, 0.4) is 0 Å². The van der Waals surface area contributed by atoms with Gasteiger partial charge in [0.05, 0.1) is 29.5 Å². The van der Waals surface area contributed by atoms with Crippen LogP contribution in [0.4, 0.5) is 22.9 Å². The normalized spacial score (nSPS) is 14.3. The average molecular weight is 414 g/mol. The van der Waals surface area contributed by atoms with Crippen molar-refractivity contribution in [3.8, 4) is 5.75 Å². The molecule has 0 saturated carbocycles. The van der Waals surface area contributed by atoms with Crippen LogP contribution in [-0.4, -0.2) is 33.2 Å². The van der Waals surface area contributed by atoms with E-state index in [0.29, 0.717) is 23.6 Å². The van der Waals surface area contributed by atoms with Gasteiger partial charge in [-0.1, -0.05) is 0 Å². The summed E-state index contributed by atoms with van der Waals surface area (Å²) in [5.41, 5.74) is 3.41. The summed E-state index contributed by atoms with van der Waals surface area (Å²) in [6.07, 6.45) is 3.41. The highest BCUT2D eigenvalue weighted by Gasteiger charge is 2.26. The van der Waals surface area contributed by atoms with Crippen LogP contribution >= 0.6 is 0 Å². The summed E-state index contributed by atoms with van der Waals surface area (Å²) in [5, 5.41) is 17.5. The highest BCUT2D eigenvalue weighted by Crippen LogP contribution is 2.35. The van der Waals surface area contributed by atoms with E-state index in [1.165, 1.54) is 0 Å². The number of carbonyl (C=O) groups excluding carboxylic acids is 1. The van der Waals surface area contributed by atoms with Crippen molar-refractivity contribution in [3.63, 3.8) is 0 Å². The lowest BCUT2D eigenvalue weighted by Gasteiger charge is -2.33. The van der Waals surface area contributed by atoms with Gasteiger partial charge < -0.3 is 20.7 Å². The number of nitrogens with zero attached hydrogens (tertiary/aromatic N) is 2. The number of benzene rings is 2. The second-order valence-corrected chi connectivity index (χ2v) is 8.08. The number of nitrogens with one attached hydrogen (secondary N) is 4. The van der Waals surface area contributed by atoms with E-state index in [2.05, 4.69) is 31.1 Å². The minimum atomic E-state index is -0.271. The Bertz CT molecular complexity index is 1280. The van der Waals surface area contributed by atoms with Crippen LogP contribution in [0.15, 0.2) is 60.9 Å². The summed E-state index contributed by atoms with van der Waals surface area (Å²) in [7, 11) is 0. The van der Waals surface area contributed by atoms with Gasteiger partial charge in [0.15, 0.2) is 0 Å². The van der Waals surface area contributed by atoms with E-state index in [4.69, 9.17) is 4.74 Å². The van der Waals surface area contributed by atoms with E-state index in [9.17, 15) is 4.79 Å². The lowest BCUT2D eigenvalue weighted by Crippen LogP contribution is -2.40. The monoisotopic (exact) mass is 414 g/mol. The van der Waals surface area contributed by atoms with E-state index < -0.39 is 0 Å². The zero-order valence-electron chi connectivity index (χ0n) is 17.2. The van der Waals surface area contributed by atoms with Gasteiger partial charge in [0.2, 0.25) is 0 Å². The number of aromatic nitrogens is 3. The van der Waals surface area contributed by atoms with Crippen LogP contribution in [0, 0.1) is 0 Å². The first kappa shape index (κ1) is 18.9. The van der Waals surface area contributed by atoms with Gasteiger partial charge >= 0.3 is 0 Å². The van der Waals surface area contributed by atoms with E-state index >= 15 is 0 Å². The summed E-state index contributed by atoms with van der Waals surface area (Å²) in [6.45, 7) is 4.74. The molecule has 0 radical (unpaired) electrons. The lowest BCUT2D eigenvalue weighted by atomic mass is 10.1. The molecule has 2 aromatic carbocycles. The van der Waals surface area contributed by atoms with Crippen LogP contribution in [0.5, 0.6) is 5.75 Å². The quantitative estimate of drug-likeness (QED) is 0.391. The SMILES string of the molecule is CC1(C)CNc2cc(NC(=O)c3cccnc3Nc3ccc4cn[nH]c4c3)ccc2O1. The van der Waals surface area contributed by atoms with Crippen molar-refractivity contribution in [1.82, 2.24) is 15.2 Å². The molecular weight excluding hydrogens is 392 g/mol. The third-order valence-electron chi connectivity index (χ3n) is 5.09. The molecule has 8 nitrogen and oxygen atoms in total. The second-order valence-electron chi connectivity index (χ2n) is 8.08. The van der Waals surface area contributed by atoms with Crippen molar-refractivity contribution in [3.05, 3.63) is 66.5 Å². The Labute approximate surface area is 179 Å². The van der Waals surface area contributed by atoms with Crippen molar-refractivity contribution < 1.29 is 9.53 Å². The van der Waals surface area contributed by atoms with Crippen molar-refractivity contribution in [1.29, 1.82) is 0 Å². The van der Waals surface area contributed by atoms with Gasteiger partial charge in [0.1, 0.15) is 17.2 Å². The lowest BCUT2D eigenvalue weighted by molar-refractivity contribution is 0.102. The Kier molecular flexibility index (Phi) is 4.47. The molecule has 1 aliphatic heterocycles. The number of rotatable bonds is 4. The molecule has 156 valence electrons. The molecule has 4 N–H and O–H groups in total. The average Bonchev–Trinajstić information content (AvgIpc) is 3.22. The fourth-order valence-electron chi connectivity index (χ4n) is 3.51. The van der Waals surface area contributed by atoms with Crippen LogP contribution in [0.2, 0.25) is 0 Å². The zero-order valence-corrected chi connectivity index (χ0v) is 17.2. The summed E-state index contributed by atoms with van der Waals surface area (Å²) < 4.78 is 5.97. The summed E-state index contributed by atoms with van der Waals surface area (Å²) in [6, 6.07) is 14.8. The molecular formula is C23H22N6O2. The Morgan fingerprint density at radius 2 is 2.00 bits per heavy atom. The minimum Gasteiger partial charge on any atom is -0.484 e. The number of pyridine rings is 1. The fraction of sp³-hybridized carbons (Fsp3) is 0.174. The highest BCUT2D eigenvalue weighted by molar-refractivity contribution is 6.08. The van der Waals surface area contributed by atoms with Gasteiger partial charge in [-0.2, -0.15) is 5.10 Å².